The van der Waals surface area contributed by atoms with Gasteiger partial charge in [0.25, 0.3) is 0 Å². The average molecular weight is 1030 g/mol. The third-order valence-electron chi connectivity index (χ3n) is 13.3. The van der Waals surface area contributed by atoms with Crippen LogP contribution in [0, 0.1) is 0 Å². The lowest BCUT2D eigenvalue weighted by atomic mass is 9.86. The van der Waals surface area contributed by atoms with E-state index in [4.69, 9.17) is 18.9 Å². The van der Waals surface area contributed by atoms with E-state index in [1.165, 1.54) is 19.6 Å². The standard InChI is InChI=1S/C64H64O4S4/c1-9-65-61-49-29-45(41-13-21-57(69-5)22-14-41)30-50(61)38-52-32-47(43-17-25-59(71-7)26-18-43)34-54(63(52)67-11-3)40-56-36-48(44-19-27-60(72-8)28-20-44)35-55(64(56)68-12-4)39-53-33-46(31-51(37-49)62(53)66-10-2)42-15-23-58(70-6)24-16-42/h13-36H,9-12,37-40H2,1-8H3. The van der Waals surface area contributed by atoms with Crippen molar-refractivity contribution < 1.29 is 18.9 Å². The number of hydrogen-bond donors (Lipinski definition) is 0. The first-order valence-electron chi connectivity index (χ1n) is 25.0. The normalized spacial score (nSPS) is 12.1. The van der Waals surface area contributed by atoms with Crippen LogP contribution < -0.4 is 18.9 Å². The second-order valence-corrected chi connectivity index (χ2v) is 21.4. The topological polar surface area (TPSA) is 36.9 Å². The maximum atomic E-state index is 6.90. The van der Waals surface area contributed by atoms with Gasteiger partial charge in [-0.25, -0.2) is 0 Å². The van der Waals surface area contributed by atoms with Crippen molar-refractivity contribution >= 4 is 47.0 Å². The Labute approximate surface area is 445 Å². The Hall–Kier alpha value is -5.64. The molecule has 0 fully saturated rings. The number of benzene rings is 8. The molecule has 8 aromatic carbocycles. The Kier molecular flexibility index (Phi) is 17.0. The molecule has 0 saturated carbocycles. The third kappa shape index (κ3) is 11.4. The van der Waals surface area contributed by atoms with E-state index in [9.17, 15) is 0 Å². The lowest BCUT2D eigenvalue weighted by Gasteiger charge is -2.25. The van der Waals surface area contributed by atoms with Gasteiger partial charge in [-0.2, -0.15) is 0 Å². The Morgan fingerprint density at radius 3 is 0.569 bits per heavy atom. The minimum atomic E-state index is 0.524. The summed E-state index contributed by atoms with van der Waals surface area (Å²) < 4.78 is 27.6. The van der Waals surface area contributed by atoms with Crippen molar-refractivity contribution in [2.75, 3.05) is 51.5 Å². The van der Waals surface area contributed by atoms with Crippen LogP contribution in [0.1, 0.15) is 72.2 Å². The molecule has 0 atom stereocenters. The highest BCUT2D eigenvalue weighted by molar-refractivity contribution is 7.99. The van der Waals surface area contributed by atoms with Crippen LogP contribution in [0.3, 0.4) is 0 Å². The van der Waals surface area contributed by atoms with Gasteiger partial charge in [-0.3, -0.25) is 0 Å². The summed E-state index contributed by atoms with van der Waals surface area (Å²) in [6.07, 6.45) is 10.9. The molecule has 0 heterocycles. The summed E-state index contributed by atoms with van der Waals surface area (Å²) >= 11 is 7.04. The van der Waals surface area contributed by atoms with Gasteiger partial charge in [-0.1, -0.05) is 48.5 Å². The first-order valence-corrected chi connectivity index (χ1v) is 29.9. The molecule has 0 N–H and O–H groups in total. The van der Waals surface area contributed by atoms with Gasteiger partial charge in [-0.05, 0) is 239 Å². The van der Waals surface area contributed by atoms with Gasteiger partial charge in [0.05, 0.1) is 26.4 Å². The van der Waals surface area contributed by atoms with E-state index in [1.54, 1.807) is 47.0 Å². The quantitative estimate of drug-likeness (QED) is 0.0887. The molecule has 8 bridgehead atoms. The maximum Gasteiger partial charge on any atom is 0.126 e. The van der Waals surface area contributed by atoms with Crippen molar-refractivity contribution in [2.24, 2.45) is 0 Å². The smallest absolute Gasteiger partial charge is 0.126 e. The highest BCUT2D eigenvalue weighted by Gasteiger charge is 2.25. The van der Waals surface area contributed by atoms with Crippen molar-refractivity contribution in [3.63, 3.8) is 0 Å². The summed E-state index contributed by atoms with van der Waals surface area (Å²) in [5.41, 5.74) is 18.1. The second kappa shape index (κ2) is 23.9. The molecule has 0 saturated heterocycles. The predicted molar refractivity (Wildman–Crippen MR) is 311 cm³/mol. The lowest BCUT2D eigenvalue weighted by molar-refractivity contribution is 0.326. The zero-order valence-electron chi connectivity index (χ0n) is 42.8. The van der Waals surface area contributed by atoms with Crippen LogP contribution >= 0.6 is 47.0 Å². The predicted octanol–water partition coefficient (Wildman–Crippen LogP) is 17.5. The van der Waals surface area contributed by atoms with E-state index in [0.29, 0.717) is 52.1 Å². The molecular formula is C64H64O4S4. The van der Waals surface area contributed by atoms with Gasteiger partial charge in [0.15, 0.2) is 0 Å². The molecule has 0 spiro atoms. The number of thioether (sulfide) groups is 4. The SMILES string of the molecule is CCOc1c2cc(-c3ccc(SC)cc3)cc1Cc1cc(-c3ccc(SC)cc3)cc(c1OCC)Cc1cc(-c3ccc(SC)cc3)cc(c1OCC)Cc1cc(-c3ccc(SC)cc3)cc(c1OCC)C2. The number of fused-ring (bicyclic) bond motifs is 8. The van der Waals surface area contributed by atoms with E-state index in [-0.39, 0.29) is 0 Å². The molecular weight excluding hydrogens is 961 g/mol. The monoisotopic (exact) mass is 1020 g/mol. The van der Waals surface area contributed by atoms with E-state index in [0.717, 1.165) is 112 Å². The van der Waals surface area contributed by atoms with Crippen LogP contribution in [0.5, 0.6) is 23.0 Å². The number of rotatable bonds is 16. The van der Waals surface area contributed by atoms with Crippen molar-refractivity contribution in [3.8, 4) is 67.5 Å². The molecule has 1 aliphatic rings. The fraction of sp³-hybridized carbons (Fsp3) is 0.250. The first kappa shape index (κ1) is 51.3. The Morgan fingerprint density at radius 2 is 0.431 bits per heavy atom. The molecule has 8 heteroatoms. The van der Waals surface area contributed by atoms with E-state index < -0.39 is 0 Å². The number of hydrogen-bond acceptors (Lipinski definition) is 8. The van der Waals surface area contributed by atoms with Gasteiger partial charge in [0, 0.05) is 45.3 Å². The molecule has 0 aromatic heterocycles. The summed E-state index contributed by atoms with van der Waals surface area (Å²) in [7, 11) is 0. The van der Waals surface area contributed by atoms with Crippen LogP contribution in [0.15, 0.2) is 165 Å². The second-order valence-electron chi connectivity index (χ2n) is 17.8. The van der Waals surface area contributed by atoms with E-state index >= 15 is 0 Å². The maximum absolute atomic E-state index is 6.90. The first-order chi connectivity index (χ1) is 35.3. The molecule has 0 amide bonds. The minimum absolute atomic E-state index is 0.524. The summed E-state index contributed by atoms with van der Waals surface area (Å²) in [4.78, 5) is 4.93. The van der Waals surface area contributed by atoms with Crippen molar-refractivity contribution in [3.05, 3.63) is 190 Å². The fourth-order valence-corrected chi connectivity index (χ4v) is 11.6. The van der Waals surface area contributed by atoms with Crippen LogP contribution in [0.25, 0.3) is 44.5 Å². The van der Waals surface area contributed by atoms with Crippen LogP contribution in [0.2, 0.25) is 0 Å². The number of ether oxygens (including phenoxy) is 4. The molecule has 72 heavy (non-hydrogen) atoms. The average Bonchev–Trinajstić information content (AvgIpc) is 3.41. The summed E-state index contributed by atoms with van der Waals surface area (Å²) in [5.74, 6) is 3.64. The zero-order valence-corrected chi connectivity index (χ0v) is 46.0. The largest absolute Gasteiger partial charge is 0.493 e. The summed E-state index contributed by atoms with van der Waals surface area (Å²) in [5, 5.41) is 0. The van der Waals surface area contributed by atoms with Gasteiger partial charge in [-0.15, -0.1) is 47.0 Å². The molecule has 4 nitrogen and oxygen atoms in total. The highest BCUT2D eigenvalue weighted by atomic mass is 32.2. The summed E-state index contributed by atoms with van der Waals surface area (Å²) in [6, 6.07) is 54.6. The third-order valence-corrected chi connectivity index (χ3v) is 16.3. The minimum Gasteiger partial charge on any atom is -0.493 e. The van der Waals surface area contributed by atoms with E-state index in [2.05, 4.69) is 198 Å². The Balaban J connectivity index is 1.38. The molecule has 1 aliphatic carbocycles. The molecule has 0 aliphatic heterocycles. The van der Waals surface area contributed by atoms with Gasteiger partial charge >= 0.3 is 0 Å². The Morgan fingerprint density at radius 1 is 0.264 bits per heavy atom. The zero-order chi connectivity index (χ0) is 50.1. The highest BCUT2D eigenvalue weighted by Crippen LogP contribution is 2.45. The molecule has 0 radical (unpaired) electrons. The van der Waals surface area contributed by atoms with Crippen molar-refractivity contribution in [1.29, 1.82) is 0 Å². The van der Waals surface area contributed by atoms with Crippen LogP contribution in [0.4, 0.5) is 0 Å². The van der Waals surface area contributed by atoms with Crippen LogP contribution in [-0.2, 0) is 25.7 Å². The van der Waals surface area contributed by atoms with Crippen molar-refractivity contribution in [1.82, 2.24) is 0 Å². The molecule has 9 rings (SSSR count). The van der Waals surface area contributed by atoms with Crippen molar-refractivity contribution in [2.45, 2.75) is 73.0 Å². The fourth-order valence-electron chi connectivity index (χ4n) is 10.0. The summed E-state index contributed by atoms with van der Waals surface area (Å²) in [6.45, 7) is 10.5. The van der Waals surface area contributed by atoms with Gasteiger partial charge in [0.2, 0.25) is 0 Å². The molecule has 8 aromatic rings. The van der Waals surface area contributed by atoms with Gasteiger partial charge < -0.3 is 18.9 Å². The lowest BCUT2D eigenvalue weighted by Crippen LogP contribution is -2.10. The van der Waals surface area contributed by atoms with E-state index in [1.807, 2.05) is 0 Å². The molecule has 368 valence electrons. The molecule has 0 unspecified atom stereocenters. The van der Waals surface area contributed by atoms with Crippen LogP contribution in [-0.4, -0.2) is 51.5 Å². The Bertz CT molecular complexity index is 2620. The van der Waals surface area contributed by atoms with Gasteiger partial charge in [0.1, 0.15) is 23.0 Å².